The van der Waals surface area contributed by atoms with E-state index in [9.17, 15) is 0 Å². The molecule has 2 atom stereocenters. The fourth-order valence-electron chi connectivity index (χ4n) is 2.95. The van der Waals surface area contributed by atoms with Crippen molar-refractivity contribution in [3.05, 3.63) is 29.0 Å². The van der Waals surface area contributed by atoms with Gasteiger partial charge in [0, 0.05) is 36.0 Å². The molecule has 2 unspecified atom stereocenters. The standard InChI is InChI=1S/C15H19BrN4/c1-2-10-9-20(6-4-12(10)17)14-3-5-18-13-7-11(16)8-19-15(13)14/h3,5,7-8,10,12H,2,4,6,9,17H2,1H3. The van der Waals surface area contributed by atoms with Gasteiger partial charge in [0.15, 0.2) is 0 Å². The number of pyridine rings is 2. The fourth-order valence-corrected chi connectivity index (χ4v) is 3.27. The Kier molecular flexibility index (Phi) is 3.89. The molecule has 2 N–H and O–H groups in total. The largest absolute Gasteiger partial charge is 0.369 e. The highest BCUT2D eigenvalue weighted by Crippen LogP contribution is 2.29. The molecule has 5 heteroatoms. The number of piperidine rings is 1. The number of nitrogens with two attached hydrogens (primary N) is 1. The van der Waals surface area contributed by atoms with E-state index in [0.717, 1.165) is 41.4 Å². The summed E-state index contributed by atoms with van der Waals surface area (Å²) in [5.41, 5.74) is 9.28. The number of nitrogens with zero attached hydrogens (tertiary/aromatic N) is 3. The number of hydrogen-bond acceptors (Lipinski definition) is 4. The Hall–Kier alpha value is -1.20. The molecule has 3 rings (SSSR count). The summed E-state index contributed by atoms with van der Waals surface area (Å²) < 4.78 is 0.960. The number of fused-ring (bicyclic) bond motifs is 1. The maximum absolute atomic E-state index is 6.20. The Bertz CT molecular complexity index is 616. The third kappa shape index (κ3) is 2.52. The normalized spacial score (nSPS) is 23.2. The van der Waals surface area contributed by atoms with Crippen LogP contribution in [0.2, 0.25) is 0 Å². The van der Waals surface area contributed by atoms with Crippen LogP contribution in [0.15, 0.2) is 29.0 Å². The first-order chi connectivity index (χ1) is 9.69. The molecule has 1 aliphatic heterocycles. The molecule has 0 radical (unpaired) electrons. The van der Waals surface area contributed by atoms with Crippen molar-refractivity contribution in [3.63, 3.8) is 0 Å². The zero-order chi connectivity index (χ0) is 14.1. The molecule has 0 aromatic carbocycles. The second-order valence-electron chi connectivity index (χ2n) is 5.42. The monoisotopic (exact) mass is 334 g/mol. The summed E-state index contributed by atoms with van der Waals surface area (Å²) in [6, 6.07) is 4.40. The number of anilines is 1. The van der Waals surface area contributed by atoms with E-state index >= 15 is 0 Å². The van der Waals surface area contributed by atoms with Crippen molar-refractivity contribution < 1.29 is 0 Å². The summed E-state index contributed by atoms with van der Waals surface area (Å²) in [6.07, 6.45) is 5.86. The molecule has 3 heterocycles. The second kappa shape index (κ2) is 5.66. The summed E-state index contributed by atoms with van der Waals surface area (Å²) in [7, 11) is 0. The molecule has 0 bridgehead atoms. The van der Waals surface area contributed by atoms with Gasteiger partial charge >= 0.3 is 0 Å². The molecule has 2 aromatic heterocycles. The van der Waals surface area contributed by atoms with Crippen molar-refractivity contribution >= 4 is 32.7 Å². The number of halogens is 1. The Morgan fingerprint density at radius 1 is 1.45 bits per heavy atom. The van der Waals surface area contributed by atoms with Gasteiger partial charge in [0.2, 0.25) is 0 Å². The third-order valence-electron chi connectivity index (χ3n) is 4.18. The van der Waals surface area contributed by atoms with E-state index in [1.807, 2.05) is 18.5 Å². The molecular weight excluding hydrogens is 316 g/mol. The van der Waals surface area contributed by atoms with E-state index in [1.54, 1.807) is 0 Å². The molecule has 4 nitrogen and oxygen atoms in total. The summed E-state index contributed by atoms with van der Waals surface area (Å²) >= 11 is 3.45. The smallest absolute Gasteiger partial charge is 0.112 e. The van der Waals surface area contributed by atoms with Gasteiger partial charge in [-0.15, -0.1) is 0 Å². The van der Waals surface area contributed by atoms with Crippen molar-refractivity contribution in [1.29, 1.82) is 0 Å². The van der Waals surface area contributed by atoms with Crippen LogP contribution in [0.25, 0.3) is 11.0 Å². The quantitative estimate of drug-likeness (QED) is 0.917. The first-order valence-corrected chi connectivity index (χ1v) is 7.89. The van der Waals surface area contributed by atoms with Gasteiger partial charge < -0.3 is 10.6 Å². The van der Waals surface area contributed by atoms with Crippen LogP contribution < -0.4 is 10.6 Å². The highest BCUT2D eigenvalue weighted by molar-refractivity contribution is 9.10. The molecule has 106 valence electrons. The Labute approximate surface area is 127 Å². The van der Waals surface area contributed by atoms with Crippen LogP contribution in [0.3, 0.4) is 0 Å². The SMILES string of the molecule is CCC1CN(c2ccnc3cc(Br)cnc23)CCC1N. The van der Waals surface area contributed by atoms with Crippen molar-refractivity contribution in [2.45, 2.75) is 25.8 Å². The molecule has 0 spiro atoms. The lowest BCUT2D eigenvalue weighted by Crippen LogP contribution is -2.47. The highest BCUT2D eigenvalue weighted by Gasteiger charge is 2.26. The number of aromatic nitrogens is 2. The Morgan fingerprint density at radius 3 is 3.10 bits per heavy atom. The zero-order valence-electron chi connectivity index (χ0n) is 11.6. The molecule has 2 aromatic rings. The van der Waals surface area contributed by atoms with Gasteiger partial charge in [0.25, 0.3) is 0 Å². The van der Waals surface area contributed by atoms with Gasteiger partial charge in [0.05, 0.1) is 11.2 Å². The van der Waals surface area contributed by atoms with Crippen molar-refractivity contribution in [2.24, 2.45) is 11.7 Å². The minimum atomic E-state index is 0.325. The van der Waals surface area contributed by atoms with Gasteiger partial charge in [-0.1, -0.05) is 13.3 Å². The van der Waals surface area contributed by atoms with Crippen LogP contribution in [0.4, 0.5) is 5.69 Å². The van der Waals surface area contributed by atoms with Gasteiger partial charge in [-0.3, -0.25) is 9.97 Å². The van der Waals surface area contributed by atoms with Crippen LogP contribution in [0, 0.1) is 5.92 Å². The maximum atomic E-state index is 6.20. The minimum Gasteiger partial charge on any atom is -0.369 e. The molecule has 0 aliphatic carbocycles. The molecule has 1 saturated heterocycles. The first-order valence-electron chi connectivity index (χ1n) is 7.10. The number of rotatable bonds is 2. The molecular formula is C15H19BrN4. The average Bonchev–Trinajstić information content (AvgIpc) is 2.47. The van der Waals surface area contributed by atoms with E-state index in [0.29, 0.717) is 12.0 Å². The van der Waals surface area contributed by atoms with Crippen LogP contribution in [-0.2, 0) is 0 Å². The van der Waals surface area contributed by atoms with Crippen LogP contribution in [-0.4, -0.2) is 29.1 Å². The second-order valence-corrected chi connectivity index (χ2v) is 6.33. The molecule has 20 heavy (non-hydrogen) atoms. The van der Waals surface area contributed by atoms with Gasteiger partial charge in [-0.25, -0.2) is 0 Å². The fraction of sp³-hybridized carbons (Fsp3) is 0.467. The summed E-state index contributed by atoms with van der Waals surface area (Å²) in [6.45, 7) is 4.22. The lowest BCUT2D eigenvalue weighted by molar-refractivity contribution is 0.348. The first kappa shape index (κ1) is 13.8. The topological polar surface area (TPSA) is 55.0 Å². The molecule has 1 fully saturated rings. The van der Waals surface area contributed by atoms with Gasteiger partial charge in [-0.2, -0.15) is 0 Å². The summed E-state index contributed by atoms with van der Waals surface area (Å²) in [5.74, 6) is 0.558. The average molecular weight is 335 g/mol. The zero-order valence-corrected chi connectivity index (χ0v) is 13.2. The van der Waals surface area contributed by atoms with Gasteiger partial charge in [-0.05, 0) is 40.4 Å². The predicted octanol–water partition coefficient (Wildman–Crippen LogP) is 2.96. The van der Waals surface area contributed by atoms with Crippen molar-refractivity contribution in [2.75, 3.05) is 18.0 Å². The van der Waals surface area contributed by atoms with Crippen molar-refractivity contribution in [1.82, 2.24) is 9.97 Å². The summed E-state index contributed by atoms with van der Waals surface area (Å²) in [4.78, 5) is 11.4. The minimum absolute atomic E-state index is 0.325. The van der Waals surface area contributed by atoms with Crippen molar-refractivity contribution in [3.8, 4) is 0 Å². The Morgan fingerprint density at radius 2 is 2.30 bits per heavy atom. The molecule has 0 saturated carbocycles. The Balaban J connectivity index is 1.98. The third-order valence-corrected chi connectivity index (χ3v) is 4.61. The van der Waals surface area contributed by atoms with E-state index in [2.05, 4.69) is 43.8 Å². The molecule has 0 amide bonds. The van der Waals surface area contributed by atoms with E-state index in [-0.39, 0.29) is 0 Å². The van der Waals surface area contributed by atoms with Crippen LogP contribution in [0.1, 0.15) is 19.8 Å². The van der Waals surface area contributed by atoms with Crippen LogP contribution >= 0.6 is 15.9 Å². The van der Waals surface area contributed by atoms with E-state index in [4.69, 9.17) is 5.73 Å². The lowest BCUT2D eigenvalue weighted by Gasteiger charge is -2.38. The highest BCUT2D eigenvalue weighted by atomic mass is 79.9. The van der Waals surface area contributed by atoms with Crippen LogP contribution in [0.5, 0.6) is 0 Å². The summed E-state index contributed by atoms with van der Waals surface area (Å²) in [5, 5.41) is 0. The lowest BCUT2D eigenvalue weighted by atomic mass is 9.90. The number of hydrogen-bond donors (Lipinski definition) is 1. The maximum Gasteiger partial charge on any atom is 0.112 e. The van der Waals surface area contributed by atoms with E-state index < -0.39 is 0 Å². The molecule has 1 aliphatic rings. The predicted molar refractivity (Wildman–Crippen MR) is 85.8 cm³/mol. The van der Waals surface area contributed by atoms with Gasteiger partial charge in [0.1, 0.15) is 5.52 Å². The van der Waals surface area contributed by atoms with E-state index in [1.165, 1.54) is 5.69 Å².